The van der Waals surface area contributed by atoms with Gasteiger partial charge in [-0.1, -0.05) is 12.2 Å². The van der Waals surface area contributed by atoms with Crippen LogP contribution in [0.25, 0.3) is 0 Å². The Bertz CT molecular complexity index is 416. The fraction of sp³-hybridized carbons (Fsp3) is 0.400. The summed E-state index contributed by atoms with van der Waals surface area (Å²) >= 11 is 1.54. The molecule has 2 rings (SSSR count). The highest BCUT2D eigenvalue weighted by Gasteiger charge is 2.52. The Hall–Kier alpha value is -1.27. The van der Waals surface area contributed by atoms with Gasteiger partial charge in [-0.15, -0.1) is 11.8 Å². The normalized spacial score (nSPS) is 29.4. The van der Waals surface area contributed by atoms with Crippen molar-refractivity contribution in [2.75, 3.05) is 5.75 Å². The van der Waals surface area contributed by atoms with Crippen LogP contribution in [0, 0.1) is 0 Å². The molecule has 86 valence electrons. The van der Waals surface area contributed by atoms with Gasteiger partial charge in [0.15, 0.2) is 6.04 Å². The molecule has 2 heterocycles. The summed E-state index contributed by atoms with van der Waals surface area (Å²) in [6.07, 6.45) is 3.46. The summed E-state index contributed by atoms with van der Waals surface area (Å²) in [7, 11) is 0. The van der Waals surface area contributed by atoms with Gasteiger partial charge in [-0.05, 0) is 12.5 Å². The molecule has 2 atom stereocenters. The van der Waals surface area contributed by atoms with Gasteiger partial charge in [-0.25, -0.2) is 0 Å². The van der Waals surface area contributed by atoms with Crippen molar-refractivity contribution in [2.24, 2.45) is 0 Å². The number of aliphatic carboxylic acids is 1. The van der Waals surface area contributed by atoms with Crippen LogP contribution in [0.1, 0.15) is 6.92 Å². The van der Waals surface area contributed by atoms with E-state index in [1.807, 2.05) is 0 Å². The quantitative estimate of drug-likeness (QED) is 0.571. The van der Waals surface area contributed by atoms with E-state index in [4.69, 9.17) is 0 Å². The summed E-state index contributed by atoms with van der Waals surface area (Å²) in [6, 6.07) is -0.341. The lowest BCUT2D eigenvalue weighted by molar-refractivity contribution is -0.424. The van der Waals surface area contributed by atoms with Crippen LogP contribution in [0.4, 0.5) is 0 Å². The number of carbonyl (C=O) groups is 2. The van der Waals surface area contributed by atoms with E-state index in [0.717, 1.165) is 0 Å². The Kier molecular flexibility index (Phi) is 2.77. The number of carboxylic acid groups (broad SMARTS) is 1. The fourth-order valence-electron chi connectivity index (χ4n) is 1.91. The van der Waals surface area contributed by atoms with Crippen molar-refractivity contribution in [3.63, 3.8) is 0 Å². The number of carbonyl (C=O) groups excluding carboxylic acids is 2. The highest BCUT2D eigenvalue weighted by Crippen LogP contribution is 2.38. The molecule has 5 nitrogen and oxygen atoms in total. The first-order valence-corrected chi connectivity index (χ1v) is 5.97. The van der Waals surface area contributed by atoms with Crippen LogP contribution in [-0.2, 0) is 9.59 Å². The van der Waals surface area contributed by atoms with Gasteiger partial charge in [0.25, 0.3) is 5.91 Å². The molecule has 0 spiro atoms. The molecule has 1 fully saturated rings. The van der Waals surface area contributed by atoms with Gasteiger partial charge >= 0.3 is 0 Å². The predicted molar refractivity (Wildman–Crippen MR) is 56.6 cm³/mol. The second kappa shape index (κ2) is 3.95. The fourth-order valence-corrected chi connectivity index (χ4v) is 3.20. The Morgan fingerprint density at radius 2 is 2.38 bits per heavy atom. The molecule has 3 N–H and O–H groups in total. The third kappa shape index (κ3) is 1.45. The molecule has 0 saturated carbocycles. The molecule has 0 aliphatic carbocycles. The van der Waals surface area contributed by atoms with Crippen LogP contribution in [0.15, 0.2) is 23.4 Å². The second-order valence-corrected chi connectivity index (χ2v) is 4.78. The maximum atomic E-state index is 11.6. The highest BCUT2D eigenvalue weighted by atomic mass is 32.2. The summed E-state index contributed by atoms with van der Waals surface area (Å²) in [5.74, 6) is -0.953. The number of hydrogen-bond donors (Lipinski definition) is 1. The van der Waals surface area contributed by atoms with E-state index >= 15 is 0 Å². The number of hydrogen-bond acceptors (Lipinski definition) is 4. The molecule has 6 heteroatoms. The molecule has 0 radical (unpaired) electrons. The zero-order valence-corrected chi connectivity index (χ0v) is 9.62. The highest BCUT2D eigenvalue weighted by molar-refractivity contribution is 8.00. The Morgan fingerprint density at radius 3 is 2.94 bits per heavy atom. The van der Waals surface area contributed by atoms with Gasteiger partial charge in [0.1, 0.15) is 5.37 Å². The second-order valence-electron chi connectivity index (χ2n) is 3.68. The first-order valence-electron chi connectivity index (χ1n) is 4.93. The maximum Gasteiger partial charge on any atom is 0.289 e. The minimum absolute atomic E-state index is 0.00625. The molecule has 16 heavy (non-hydrogen) atoms. The van der Waals surface area contributed by atoms with Crippen LogP contribution in [-0.4, -0.2) is 33.9 Å². The third-order valence-electron chi connectivity index (χ3n) is 2.67. The van der Waals surface area contributed by atoms with E-state index in [0.29, 0.717) is 11.3 Å². The molecule has 0 aromatic heterocycles. The van der Waals surface area contributed by atoms with Gasteiger partial charge in [0.2, 0.25) is 0 Å². The molecule has 2 aliphatic rings. The van der Waals surface area contributed by atoms with Crippen LogP contribution in [0.5, 0.6) is 0 Å². The third-order valence-corrected chi connectivity index (χ3v) is 4.03. The lowest BCUT2D eigenvalue weighted by Crippen LogP contribution is -2.83. The largest absolute Gasteiger partial charge is 0.543 e. The number of fused-ring (bicyclic) bond motifs is 1. The number of quaternary nitrogens is 1. The minimum atomic E-state index is -1.29. The van der Waals surface area contributed by atoms with E-state index in [1.165, 1.54) is 16.7 Å². The molecule has 1 amide bonds. The minimum Gasteiger partial charge on any atom is -0.543 e. The number of nitrogens with zero attached hydrogens (tertiary/aromatic N) is 1. The van der Waals surface area contributed by atoms with Crippen LogP contribution in [0.3, 0.4) is 0 Å². The van der Waals surface area contributed by atoms with Crippen molar-refractivity contribution in [3.05, 3.63) is 23.4 Å². The van der Waals surface area contributed by atoms with E-state index in [1.54, 1.807) is 19.1 Å². The van der Waals surface area contributed by atoms with Gasteiger partial charge in [0, 0.05) is 5.75 Å². The Labute approximate surface area is 97.0 Å². The summed E-state index contributed by atoms with van der Waals surface area (Å²) < 4.78 is 0. The first-order chi connectivity index (χ1) is 7.57. The number of thioether (sulfide) groups is 1. The number of β-lactam (4-membered cyclic amide) rings is 1. The molecular weight excluding hydrogens is 228 g/mol. The smallest absolute Gasteiger partial charge is 0.289 e. The van der Waals surface area contributed by atoms with Crippen LogP contribution >= 0.6 is 11.8 Å². The van der Waals surface area contributed by atoms with E-state index in [2.05, 4.69) is 5.73 Å². The van der Waals surface area contributed by atoms with Crippen LogP contribution < -0.4 is 10.8 Å². The molecule has 2 aliphatic heterocycles. The average molecular weight is 240 g/mol. The van der Waals surface area contributed by atoms with Crippen molar-refractivity contribution < 1.29 is 20.4 Å². The summed E-state index contributed by atoms with van der Waals surface area (Å²) in [5, 5.41) is 10.9. The van der Waals surface area contributed by atoms with Crippen molar-refractivity contribution in [2.45, 2.75) is 18.3 Å². The van der Waals surface area contributed by atoms with Crippen molar-refractivity contribution in [1.29, 1.82) is 0 Å². The molecule has 0 unspecified atom stereocenters. The predicted octanol–water partition coefficient (Wildman–Crippen LogP) is -1.91. The van der Waals surface area contributed by atoms with Gasteiger partial charge in [-0.2, -0.15) is 0 Å². The van der Waals surface area contributed by atoms with Crippen molar-refractivity contribution >= 4 is 23.6 Å². The summed E-state index contributed by atoms with van der Waals surface area (Å²) in [4.78, 5) is 23.9. The maximum absolute atomic E-state index is 11.6. The molecule has 0 bridgehead atoms. The van der Waals surface area contributed by atoms with Crippen molar-refractivity contribution in [3.8, 4) is 0 Å². The topological polar surface area (TPSA) is 88.1 Å². The standard InChI is InChI=1S/C10H12N2O3S/c1-2-3-5-4-16-9-6(11)8(13)12(9)7(5)10(14)15/h2-3,6,9H,4,11H2,1H3,(H,14,15)/b3-2+/t6-,9-/m1/s1. The number of carboxylic acids is 1. The van der Waals surface area contributed by atoms with E-state index in [9.17, 15) is 14.7 Å². The Balaban J connectivity index is 2.41. The molecule has 0 aromatic rings. The Morgan fingerprint density at radius 1 is 1.69 bits per heavy atom. The number of amides is 1. The van der Waals surface area contributed by atoms with E-state index < -0.39 is 5.97 Å². The monoisotopic (exact) mass is 240 g/mol. The average Bonchev–Trinajstić information content (AvgIpc) is 2.27. The molecule has 0 aromatic carbocycles. The van der Waals surface area contributed by atoms with Crippen LogP contribution in [0.2, 0.25) is 0 Å². The van der Waals surface area contributed by atoms with Gasteiger partial charge < -0.3 is 15.6 Å². The lowest BCUT2D eigenvalue weighted by Gasteiger charge is -2.46. The summed E-state index contributed by atoms with van der Waals surface area (Å²) in [6.45, 7) is 1.80. The van der Waals surface area contributed by atoms with Gasteiger partial charge in [0.05, 0.1) is 11.7 Å². The summed E-state index contributed by atoms with van der Waals surface area (Å²) in [5.41, 5.74) is 4.34. The number of allylic oxidation sites excluding steroid dienone is 2. The lowest BCUT2D eigenvalue weighted by atomic mass is 10.0. The number of rotatable bonds is 2. The van der Waals surface area contributed by atoms with E-state index in [-0.39, 0.29) is 23.0 Å². The SMILES string of the molecule is C/C=C/C1=C(C(=O)[O-])N2C(=O)[C@@H]([NH3+])[C@H]2SC1. The van der Waals surface area contributed by atoms with Crippen molar-refractivity contribution in [1.82, 2.24) is 4.90 Å². The first kappa shape index (κ1) is 11.2. The van der Waals surface area contributed by atoms with Gasteiger partial charge in [-0.3, -0.25) is 9.69 Å². The molecule has 1 saturated heterocycles. The zero-order valence-electron chi connectivity index (χ0n) is 8.80. The molecular formula is C10H12N2O3S. The zero-order chi connectivity index (χ0) is 11.9.